The second kappa shape index (κ2) is 8.38. The number of ether oxygens (including phenoxy) is 1. The third kappa shape index (κ3) is 5.03. The van der Waals surface area contributed by atoms with Crippen LogP contribution in [0.25, 0.3) is 0 Å². The molecule has 0 unspecified atom stereocenters. The number of carbonyl (C=O) groups excluding carboxylic acids is 2. The van der Waals surface area contributed by atoms with Crippen LogP contribution in [0.15, 0.2) is 36.4 Å². The molecule has 0 saturated carbocycles. The summed E-state index contributed by atoms with van der Waals surface area (Å²) in [5, 5.41) is 14.0. The van der Waals surface area contributed by atoms with E-state index < -0.39 is 34.7 Å². The standard InChI is InChI=1S/C25H28F2N4O3/c1-24(2)12-21(32)31(23(28)30-24)13-14-7-15(9-17(27)8-14)22(33)29-19-11-25(3,4)34-20-6-5-16(26)10-18(19)20/h5-10,19H,11-13H2,1-4H3,(H2,28,30)(H,29,33)/t19-/m0/s1. The van der Waals surface area contributed by atoms with Gasteiger partial charge in [0.25, 0.3) is 5.91 Å². The molecule has 2 aromatic carbocycles. The summed E-state index contributed by atoms with van der Waals surface area (Å²) >= 11 is 0. The summed E-state index contributed by atoms with van der Waals surface area (Å²) in [5.41, 5.74) is -0.160. The van der Waals surface area contributed by atoms with E-state index in [0.29, 0.717) is 23.3 Å². The molecule has 4 rings (SSSR count). The molecule has 0 spiro atoms. The molecule has 2 aromatic rings. The van der Waals surface area contributed by atoms with Crippen LogP contribution < -0.4 is 15.4 Å². The van der Waals surface area contributed by atoms with Crippen LogP contribution in [0.1, 0.15) is 68.1 Å². The minimum atomic E-state index is -0.634. The molecular formula is C25H28F2N4O3. The smallest absolute Gasteiger partial charge is 0.251 e. The van der Waals surface area contributed by atoms with Crippen LogP contribution in [0.5, 0.6) is 5.75 Å². The average Bonchev–Trinajstić information content (AvgIpc) is 2.69. The van der Waals surface area contributed by atoms with E-state index in [1.165, 1.54) is 35.2 Å². The molecule has 34 heavy (non-hydrogen) atoms. The lowest BCUT2D eigenvalue weighted by Gasteiger charge is -2.38. The lowest BCUT2D eigenvalue weighted by molar-refractivity contribution is -0.130. The fourth-order valence-electron chi connectivity index (χ4n) is 4.45. The molecular weight excluding hydrogens is 442 g/mol. The van der Waals surface area contributed by atoms with E-state index in [-0.39, 0.29) is 30.4 Å². The van der Waals surface area contributed by atoms with Gasteiger partial charge in [-0.1, -0.05) is 0 Å². The van der Waals surface area contributed by atoms with E-state index in [1.807, 2.05) is 27.7 Å². The fourth-order valence-corrected chi connectivity index (χ4v) is 4.45. The van der Waals surface area contributed by atoms with Gasteiger partial charge in [0.2, 0.25) is 5.91 Å². The number of rotatable bonds is 4. The number of fused-ring (bicyclic) bond motifs is 1. The minimum Gasteiger partial charge on any atom is -0.487 e. The number of carbonyl (C=O) groups is 2. The highest BCUT2D eigenvalue weighted by atomic mass is 19.1. The lowest BCUT2D eigenvalue weighted by Crippen LogP contribution is -2.59. The molecule has 3 N–H and O–H groups in total. The summed E-state index contributed by atoms with van der Waals surface area (Å²) in [6.07, 6.45) is 0.589. The Morgan fingerprint density at radius 2 is 1.91 bits per heavy atom. The first-order valence-corrected chi connectivity index (χ1v) is 11.1. The Kier molecular flexibility index (Phi) is 5.83. The maximum absolute atomic E-state index is 14.4. The third-order valence-corrected chi connectivity index (χ3v) is 5.92. The average molecular weight is 471 g/mol. The zero-order chi connectivity index (χ0) is 24.8. The molecule has 0 aromatic heterocycles. The number of hydrogen-bond donors (Lipinski definition) is 3. The number of benzene rings is 2. The molecule has 2 aliphatic heterocycles. The Labute approximate surface area is 197 Å². The number of nitrogens with zero attached hydrogens (tertiary/aromatic N) is 1. The van der Waals surface area contributed by atoms with E-state index in [0.717, 1.165) is 6.07 Å². The van der Waals surface area contributed by atoms with Crippen molar-refractivity contribution in [1.82, 2.24) is 15.5 Å². The molecule has 0 bridgehead atoms. The summed E-state index contributed by atoms with van der Waals surface area (Å²) in [6, 6.07) is 7.47. The molecule has 9 heteroatoms. The maximum Gasteiger partial charge on any atom is 0.251 e. The highest BCUT2D eigenvalue weighted by Gasteiger charge is 2.36. The van der Waals surface area contributed by atoms with Crippen molar-refractivity contribution in [3.63, 3.8) is 0 Å². The normalized spacial score (nSPS) is 20.8. The summed E-state index contributed by atoms with van der Waals surface area (Å²) in [5.74, 6) is -1.45. The first-order chi connectivity index (χ1) is 15.8. The quantitative estimate of drug-likeness (QED) is 0.629. The van der Waals surface area contributed by atoms with Crippen molar-refractivity contribution in [2.75, 3.05) is 0 Å². The third-order valence-electron chi connectivity index (χ3n) is 5.92. The molecule has 7 nitrogen and oxygen atoms in total. The van der Waals surface area contributed by atoms with Crippen molar-refractivity contribution < 1.29 is 23.1 Å². The SMILES string of the molecule is CC1(C)CC(=O)N(Cc2cc(F)cc(C(=O)N[C@H]3CC(C)(C)Oc4ccc(F)cc43)c2)C(=N)N1. The zero-order valence-corrected chi connectivity index (χ0v) is 19.6. The minimum absolute atomic E-state index is 0.0445. The van der Waals surface area contributed by atoms with Gasteiger partial charge in [0.05, 0.1) is 12.6 Å². The topological polar surface area (TPSA) is 94.5 Å². The number of hydrogen-bond acceptors (Lipinski definition) is 4. The molecule has 1 saturated heterocycles. The summed E-state index contributed by atoms with van der Waals surface area (Å²) in [6.45, 7) is 7.35. The molecule has 1 atom stereocenters. The van der Waals surface area contributed by atoms with Crippen LogP contribution in [0, 0.1) is 17.0 Å². The highest BCUT2D eigenvalue weighted by molar-refractivity contribution is 5.99. The van der Waals surface area contributed by atoms with Crippen molar-refractivity contribution in [1.29, 1.82) is 5.41 Å². The van der Waals surface area contributed by atoms with Crippen molar-refractivity contribution in [2.45, 2.75) is 64.3 Å². The van der Waals surface area contributed by atoms with Gasteiger partial charge in [-0.15, -0.1) is 0 Å². The number of amides is 2. The highest BCUT2D eigenvalue weighted by Crippen LogP contribution is 2.40. The maximum atomic E-state index is 14.4. The molecule has 2 heterocycles. The van der Waals surface area contributed by atoms with Gasteiger partial charge in [-0.2, -0.15) is 0 Å². The molecule has 2 aliphatic rings. The largest absolute Gasteiger partial charge is 0.487 e. The Balaban J connectivity index is 1.56. The van der Waals surface area contributed by atoms with Crippen LogP contribution in [-0.2, 0) is 11.3 Å². The molecule has 1 fully saturated rings. The van der Waals surface area contributed by atoms with Gasteiger partial charge >= 0.3 is 0 Å². The Morgan fingerprint density at radius 3 is 2.62 bits per heavy atom. The molecule has 180 valence electrons. The van der Waals surface area contributed by atoms with Crippen LogP contribution >= 0.6 is 0 Å². The van der Waals surface area contributed by atoms with Gasteiger partial charge in [0.1, 0.15) is 23.0 Å². The van der Waals surface area contributed by atoms with Gasteiger partial charge in [0.15, 0.2) is 5.96 Å². The number of guanidine groups is 1. The number of nitrogens with one attached hydrogen (secondary N) is 3. The van der Waals surface area contributed by atoms with E-state index in [1.54, 1.807) is 0 Å². The predicted molar refractivity (Wildman–Crippen MR) is 122 cm³/mol. The fraction of sp³-hybridized carbons (Fsp3) is 0.400. The second-order valence-corrected chi connectivity index (χ2v) is 10.1. The Hall–Kier alpha value is -3.49. The molecule has 0 radical (unpaired) electrons. The monoisotopic (exact) mass is 470 g/mol. The van der Waals surface area contributed by atoms with Gasteiger partial charge in [0, 0.05) is 29.5 Å². The predicted octanol–water partition coefficient (Wildman–Crippen LogP) is 4.03. The van der Waals surface area contributed by atoms with Crippen molar-refractivity contribution in [3.05, 3.63) is 64.7 Å². The van der Waals surface area contributed by atoms with Gasteiger partial charge in [-0.3, -0.25) is 19.9 Å². The van der Waals surface area contributed by atoms with Crippen LogP contribution in [0.4, 0.5) is 8.78 Å². The zero-order valence-electron chi connectivity index (χ0n) is 19.6. The van der Waals surface area contributed by atoms with E-state index in [9.17, 15) is 18.4 Å². The van der Waals surface area contributed by atoms with Crippen molar-refractivity contribution >= 4 is 17.8 Å². The van der Waals surface area contributed by atoms with E-state index in [2.05, 4.69) is 10.6 Å². The van der Waals surface area contributed by atoms with Crippen LogP contribution in [0.2, 0.25) is 0 Å². The number of halogens is 2. The van der Waals surface area contributed by atoms with Crippen molar-refractivity contribution in [2.24, 2.45) is 0 Å². The summed E-state index contributed by atoms with van der Waals surface area (Å²) in [4.78, 5) is 26.8. The summed E-state index contributed by atoms with van der Waals surface area (Å²) in [7, 11) is 0. The first kappa shape index (κ1) is 23.7. The summed E-state index contributed by atoms with van der Waals surface area (Å²) < 4.78 is 34.2. The van der Waals surface area contributed by atoms with Crippen LogP contribution in [-0.4, -0.2) is 33.8 Å². The van der Waals surface area contributed by atoms with Crippen LogP contribution in [0.3, 0.4) is 0 Å². The van der Waals surface area contributed by atoms with E-state index in [4.69, 9.17) is 10.1 Å². The Bertz CT molecular complexity index is 1160. The lowest BCUT2D eigenvalue weighted by atomic mass is 9.89. The van der Waals surface area contributed by atoms with E-state index >= 15 is 0 Å². The van der Waals surface area contributed by atoms with Gasteiger partial charge < -0.3 is 15.4 Å². The van der Waals surface area contributed by atoms with Crippen molar-refractivity contribution in [3.8, 4) is 5.75 Å². The van der Waals surface area contributed by atoms with Gasteiger partial charge in [-0.05, 0) is 69.7 Å². The second-order valence-electron chi connectivity index (χ2n) is 10.1. The van der Waals surface area contributed by atoms with Gasteiger partial charge in [-0.25, -0.2) is 8.78 Å². The Morgan fingerprint density at radius 1 is 1.18 bits per heavy atom. The first-order valence-electron chi connectivity index (χ1n) is 11.1. The molecule has 0 aliphatic carbocycles. The molecule has 2 amide bonds.